The normalized spacial score (nSPS) is 12.6. The van der Waals surface area contributed by atoms with Gasteiger partial charge in [-0.25, -0.2) is 4.79 Å². The molecule has 1 aromatic heterocycles. The Morgan fingerprint density at radius 2 is 1.94 bits per heavy atom. The van der Waals surface area contributed by atoms with Gasteiger partial charge in [-0.1, -0.05) is 12.1 Å². The van der Waals surface area contributed by atoms with Crippen molar-refractivity contribution in [1.82, 2.24) is 10.6 Å². The van der Waals surface area contributed by atoms with Crippen LogP contribution in [0.1, 0.15) is 28.8 Å². The third kappa shape index (κ3) is 6.76. The van der Waals surface area contributed by atoms with Crippen LogP contribution in [0.2, 0.25) is 0 Å². The first kappa shape index (κ1) is 26.3. The number of nitrogens with one attached hydrogen (secondary N) is 2. The van der Waals surface area contributed by atoms with Gasteiger partial charge in [-0.15, -0.1) is 0 Å². The lowest BCUT2D eigenvalue weighted by Gasteiger charge is -2.18. The van der Waals surface area contributed by atoms with E-state index in [2.05, 4.69) is 15.6 Å². The Hall–Kier alpha value is -3.97. The maximum absolute atomic E-state index is 13.2. The quantitative estimate of drug-likeness (QED) is 0.0610. The molecule has 0 aliphatic rings. The Morgan fingerprint density at radius 3 is 2.59 bits per heavy atom. The zero-order chi connectivity index (χ0) is 25.4. The van der Waals surface area contributed by atoms with Gasteiger partial charge in [-0.3, -0.25) is 19.4 Å². The minimum Gasteiger partial charge on any atom is -0.421 e. The number of anilines is 1. The highest BCUT2D eigenvalue weighted by Gasteiger charge is 2.23. The second kappa shape index (κ2) is 11.8. The molecule has 34 heavy (non-hydrogen) atoms. The number of benzene rings is 1. The molecule has 2 atom stereocenters. The van der Waals surface area contributed by atoms with E-state index in [-0.39, 0.29) is 35.8 Å². The van der Waals surface area contributed by atoms with E-state index in [4.69, 9.17) is 32.5 Å². The summed E-state index contributed by atoms with van der Waals surface area (Å²) in [5, 5.41) is 14.3. The van der Waals surface area contributed by atoms with Crippen molar-refractivity contribution in [2.24, 2.45) is 22.2 Å². The van der Waals surface area contributed by atoms with Crippen molar-refractivity contribution < 1.29 is 23.9 Å². The lowest BCUT2D eigenvalue weighted by Crippen LogP contribution is -2.49. The van der Waals surface area contributed by atoms with Gasteiger partial charge in [-0.05, 0) is 31.4 Å². The van der Waals surface area contributed by atoms with Crippen LogP contribution in [-0.4, -0.2) is 60.4 Å². The summed E-state index contributed by atoms with van der Waals surface area (Å²) < 4.78 is 5.20. The molecule has 2 rings (SSSR count). The van der Waals surface area contributed by atoms with E-state index >= 15 is 0 Å². The minimum atomic E-state index is -1.17. The number of carbonyl (C=O) groups is 3. The molecule has 0 radical (unpaired) electrons. The number of rotatable bonds is 11. The first-order chi connectivity index (χ1) is 16.0. The molecule has 1 heterocycles. The molecule has 2 aromatic rings. The summed E-state index contributed by atoms with van der Waals surface area (Å²) in [5.74, 6) is -1.91. The van der Waals surface area contributed by atoms with Crippen LogP contribution in [0.25, 0.3) is 11.0 Å². The van der Waals surface area contributed by atoms with Crippen molar-refractivity contribution in [3.05, 3.63) is 39.7 Å². The number of Topliss-reactive ketones (excluding diaryl/α,β-unsaturated/α-hetero) is 1. The summed E-state index contributed by atoms with van der Waals surface area (Å²) >= 11 is 0. The summed E-state index contributed by atoms with van der Waals surface area (Å²) in [7, 11) is 0. The lowest BCUT2D eigenvalue weighted by atomic mass is 9.98. The van der Waals surface area contributed by atoms with Gasteiger partial charge in [0.25, 0.3) is 0 Å². The largest absolute Gasteiger partial charge is 0.421 e. The first-order valence-electron chi connectivity index (χ1n) is 10.4. The van der Waals surface area contributed by atoms with Gasteiger partial charge in [0.1, 0.15) is 17.3 Å². The molecule has 0 bridgehead atoms. The van der Waals surface area contributed by atoms with Gasteiger partial charge in [-0.2, -0.15) is 0 Å². The molecular weight excluding hydrogens is 446 g/mol. The number of nitrogens with zero attached hydrogens (tertiary/aromatic N) is 1. The van der Waals surface area contributed by atoms with Gasteiger partial charge >= 0.3 is 5.63 Å². The van der Waals surface area contributed by atoms with Crippen molar-refractivity contribution in [3.8, 4) is 0 Å². The van der Waals surface area contributed by atoms with Crippen LogP contribution < -0.4 is 39.2 Å². The molecule has 0 aliphatic carbocycles. The Bertz CT molecular complexity index is 1160. The van der Waals surface area contributed by atoms with E-state index in [0.29, 0.717) is 17.4 Å². The molecule has 13 heteroatoms. The van der Waals surface area contributed by atoms with Crippen LogP contribution in [0.15, 0.2) is 32.4 Å². The molecule has 0 fully saturated rings. The van der Waals surface area contributed by atoms with Gasteiger partial charge in [0.2, 0.25) is 11.8 Å². The number of aryl methyl sites for hydroxylation is 1. The molecule has 0 aliphatic heterocycles. The van der Waals surface area contributed by atoms with Gasteiger partial charge in [0, 0.05) is 17.5 Å². The lowest BCUT2D eigenvalue weighted by molar-refractivity contribution is -0.127. The number of carbonyl (C=O) groups excluding carboxylic acids is 3. The van der Waals surface area contributed by atoms with E-state index in [1.165, 1.54) is 12.1 Å². The molecule has 11 N–H and O–H groups in total. The number of ketones is 1. The molecular formula is C21H29N7O6. The van der Waals surface area contributed by atoms with Gasteiger partial charge in [0.05, 0.1) is 19.2 Å². The zero-order valence-electron chi connectivity index (χ0n) is 18.7. The highest BCUT2D eigenvalue weighted by Crippen LogP contribution is 2.22. The van der Waals surface area contributed by atoms with E-state index in [1.54, 1.807) is 13.0 Å². The van der Waals surface area contributed by atoms with Gasteiger partial charge < -0.3 is 43.1 Å². The fourth-order valence-corrected chi connectivity index (χ4v) is 3.12. The predicted molar refractivity (Wildman–Crippen MR) is 126 cm³/mol. The van der Waals surface area contributed by atoms with Crippen LogP contribution in [-0.2, 0) is 9.59 Å². The second-order valence-corrected chi connectivity index (χ2v) is 7.58. The summed E-state index contributed by atoms with van der Waals surface area (Å²) in [6, 6.07) is 2.39. The van der Waals surface area contributed by atoms with Crippen molar-refractivity contribution >= 4 is 40.2 Å². The van der Waals surface area contributed by atoms with Crippen LogP contribution in [0.5, 0.6) is 0 Å². The van der Waals surface area contributed by atoms with Crippen LogP contribution in [0.4, 0.5) is 5.69 Å². The summed E-state index contributed by atoms with van der Waals surface area (Å²) in [6.45, 7) is 0.868. The minimum absolute atomic E-state index is 0.0144. The standard InChI is InChI=1S/C21H29N7O6/c1-10-12-5-4-11(7-15(12)34-20(33)17(10)23)18(31)14(3-2-6-26-21(24)25)28-16(30)8-27-19(32)13(22)9-29/h4-5,7,13-14,29H,2-3,6,8-9,22-23H2,1H3,(H,27,32)(H,28,30)(H4,24,25,26)/t13-,14-/m0/s1. The van der Waals surface area contributed by atoms with Crippen molar-refractivity contribution in [2.45, 2.75) is 31.8 Å². The average molecular weight is 476 g/mol. The summed E-state index contributed by atoms with van der Waals surface area (Å²) in [4.78, 5) is 53.0. The van der Waals surface area contributed by atoms with E-state index < -0.39 is 48.5 Å². The van der Waals surface area contributed by atoms with E-state index in [1.807, 2.05) is 0 Å². The van der Waals surface area contributed by atoms with E-state index in [9.17, 15) is 19.2 Å². The molecule has 1 aromatic carbocycles. The number of hydrogen-bond donors (Lipinski definition) is 7. The molecule has 2 amide bonds. The third-order valence-corrected chi connectivity index (χ3v) is 5.05. The number of aliphatic hydroxyl groups excluding tert-OH is 1. The molecule has 0 unspecified atom stereocenters. The monoisotopic (exact) mass is 475 g/mol. The highest BCUT2D eigenvalue weighted by molar-refractivity contribution is 6.04. The van der Waals surface area contributed by atoms with Crippen molar-refractivity contribution in [2.75, 3.05) is 25.4 Å². The maximum atomic E-state index is 13.2. The average Bonchev–Trinajstić information content (AvgIpc) is 2.81. The number of aliphatic imine (C=N–C) groups is 1. The van der Waals surface area contributed by atoms with Crippen LogP contribution >= 0.6 is 0 Å². The molecule has 184 valence electrons. The smallest absolute Gasteiger partial charge is 0.359 e. The van der Waals surface area contributed by atoms with Crippen molar-refractivity contribution in [1.29, 1.82) is 0 Å². The third-order valence-electron chi connectivity index (χ3n) is 5.05. The molecule has 0 spiro atoms. The molecule has 0 saturated heterocycles. The Morgan fingerprint density at radius 1 is 1.24 bits per heavy atom. The number of nitrogen functional groups attached to an aromatic ring is 1. The molecule has 13 nitrogen and oxygen atoms in total. The maximum Gasteiger partial charge on any atom is 0.359 e. The fraction of sp³-hybridized carbons (Fsp3) is 0.381. The fourth-order valence-electron chi connectivity index (χ4n) is 3.12. The van der Waals surface area contributed by atoms with Gasteiger partial charge in [0.15, 0.2) is 11.7 Å². The second-order valence-electron chi connectivity index (χ2n) is 7.58. The van der Waals surface area contributed by atoms with Crippen LogP contribution in [0.3, 0.4) is 0 Å². The highest BCUT2D eigenvalue weighted by atomic mass is 16.4. The Balaban J connectivity index is 2.23. The number of fused-ring (bicyclic) bond motifs is 1. The number of hydrogen-bond acceptors (Lipinski definition) is 9. The number of nitrogens with two attached hydrogens (primary N) is 4. The zero-order valence-corrected chi connectivity index (χ0v) is 18.7. The Labute approximate surface area is 194 Å². The first-order valence-corrected chi connectivity index (χ1v) is 10.4. The number of amides is 2. The number of guanidine groups is 1. The topological polar surface area (TPSA) is 242 Å². The number of aliphatic hydroxyl groups is 1. The predicted octanol–water partition coefficient (Wildman–Crippen LogP) is -2.16. The van der Waals surface area contributed by atoms with E-state index in [0.717, 1.165) is 0 Å². The summed E-state index contributed by atoms with van der Waals surface area (Å²) in [6.07, 6.45) is 0.558. The molecule has 0 saturated carbocycles. The van der Waals surface area contributed by atoms with Crippen LogP contribution in [0, 0.1) is 6.92 Å². The Kier molecular flexibility index (Phi) is 9.10. The SMILES string of the molecule is Cc1c(N)c(=O)oc2cc(C(=O)[C@H](CCCN=C(N)N)NC(=O)CNC(=O)[C@@H](N)CO)ccc12. The summed E-state index contributed by atoms with van der Waals surface area (Å²) in [5.41, 5.74) is 21.9. The van der Waals surface area contributed by atoms with Crippen molar-refractivity contribution in [3.63, 3.8) is 0 Å².